The summed E-state index contributed by atoms with van der Waals surface area (Å²) in [6, 6.07) is 13.3. The predicted molar refractivity (Wildman–Crippen MR) is 79.6 cm³/mol. The Hall–Kier alpha value is -2.29. The van der Waals surface area contributed by atoms with Crippen molar-refractivity contribution in [2.45, 2.75) is 13.3 Å². The molecule has 2 aromatic rings. The van der Waals surface area contributed by atoms with E-state index in [1.54, 1.807) is 14.2 Å². The van der Waals surface area contributed by atoms with Crippen molar-refractivity contribution in [3.63, 3.8) is 0 Å². The van der Waals surface area contributed by atoms with Gasteiger partial charge in [0.2, 0.25) is 0 Å². The molecule has 0 unspecified atom stereocenters. The van der Waals surface area contributed by atoms with Crippen molar-refractivity contribution < 1.29 is 14.3 Å². The molecule has 2 rings (SSSR count). The first-order valence-corrected chi connectivity index (χ1v) is 6.55. The molecule has 0 heterocycles. The molecule has 0 N–H and O–H groups in total. The third-order valence-corrected chi connectivity index (χ3v) is 3.24. The topological polar surface area (TPSA) is 35.5 Å². The van der Waals surface area contributed by atoms with Gasteiger partial charge in [-0.2, -0.15) is 0 Å². The Balaban J connectivity index is 2.44. The molecular weight excluding hydrogens is 252 g/mol. The molecule has 0 fully saturated rings. The van der Waals surface area contributed by atoms with Crippen LogP contribution in [0, 0.1) is 0 Å². The zero-order chi connectivity index (χ0) is 14.5. The van der Waals surface area contributed by atoms with Crippen molar-refractivity contribution in [2.24, 2.45) is 0 Å². The molecule has 0 aliphatic heterocycles. The van der Waals surface area contributed by atoms with Gasteiger partial charge in [-0.25, -0.2) is 0 Å². The Morgan fingerprint density at radius 1 is 1.00 bits per heavy atom. The number of ketones is 1. The summed E-state index contributed by atoms with van der Waals surface area (Å²) in [6.07, 6.45) is 0.516. The van der Waals surface area contributed by atoms with E-state index in [0.717, 1.165) is 16.7 Å². The average molecular weight is 270 g/mol. The molecule has 3 nitrogen and oxygen atoms in total. The normalized spacial score (nSPS) is 10.2. The number of para-hydroxylation sites is 1. The molecule has 0 aliphatic rings. The molecule has 0 bridgehead atoms. The number of hydrogen-bond donors (Lipinski definition) is 0. The second kappa shape index (κ2) is 6.24. The van der Waals surface area contributed by atoms with E-state index in [-0.39, 0.29) is 5.78 Å². The number of Topliss-reactive ketones (excluding diaryl/α,β-unsaturated/α-hetero) is 1. The number of ether oxygens (including phenoxy) is 2. The lowest BCUT2D eigenvalue weighted by Gasteiger charge is -2.12. The van der Waals surface area contributed by atoms with Gasteiger partial charge >= 0.3 is 0 Å². The number of carbonyl (C=O) groups excluding carboxylic acids is 1. The molecule has 104 valence electrons. The van der Waals surface area contributed by atoms with Crippen molar-refractivity contribution in [1.29, 1.82) is 0 Å². The second-order valence-corrected chi connectivity index (χ2v) is 4.40. The number of rotatable bonds is 5. The summed E-state index contributed by atoms with van der Waals surface area (Å²) in [6.45, 7) is 1.86. The molecular formula is C17H18O3. The van der Waals surface area contributed by atoms with Crippen LogP contribution in [0.3, 0.4) is 0 Å². The van der Waals surface area contributed by atoms with E-state index in [9.17, 15) is 4.79 Å². The Kier molecular flexibility index (Phi) is 4.41. The van der Waals surface area contributed by atoms with Gasteiger partial charge in [-0.3, -0.25) is 4.79 Å². The summed E-state index contributed by atoms with van der Waals surface area (Å²) in [5.41, 5.74) is 2.67. The minimum Gasteiger partial charge on any atom is -0.493 e. The summed E-state index contributed by atoms with van der Waals surface area (Å²) < 4.78 is 10.7. The monoisotopic (exact) mass is 270 g/mol. The zero-order valence-electron chi connectivity index (χ0n) is 12.0. The largest absolute Gasteiger partial charge is 0.493 e. The summed E-state index contributed by atoms with van der Waals surface area (Å²) in [7, 11) is 3.24. The fourth-order valence-electron chi connectivity index (χ4n) is 2.15. The lowest BCUT2D eigenvalue weighted by molar-refractivity contribution is 0.0988. The van der Waals surface area contributed by atoms with Gasteiger partial charge in [0.25, 0.3) is 0 Å². The molecule has 2 aromatic carbocycles. The molecule has 0 amide bonds. The van der Waals surface area contributed by atoms with Crippen LogP contribution in [-0.2, 0) is 0 Å². The Bertz CT molecular complexity index is 600. The van der Waals surface area contributed by atoms with Crippen LogP contribution in [0.15, 0.2) is 42.5 Å². The van der Waals surface area contributed by atoms with Crippen LogP contribution in [0.25, 0.3) is 11.1 Å². The van der Waals surface area contributed by atoms with Gasteiger partial charge < -0.3 is 9.47 Å². The lowest BCUT2D eigenvalue weighted by atomic mass is 10.0. The van der Waals surface area contributed by atoms with Crippen molar-refractivity contribution >= 4 is 5.78 Å². The van der Waals surface area contributed by atoms with Gasteiger partial charge in [-0.15, -0.1) is 0 Å². The van der Waals surface area contributed by atoms with E-state index in [1.165, 1.54) is 0 Å². The average Bonchev–Trinajstić information content (AvgIpc) is 2.53. The molecule has 0 aliphatic carbocycles. The number of benzene rings is 2. The second-order valence-electron chi connectivity index (χ2n) is 4.40. The Morgan fingerprint density at radius 2 is 1.70 bits per heavy atom. The fourth-order valence-corrected chi connectivity index (χ4v) is 2.15. The van der Waals surface area contributed by atoms with Crippen LogP contribution in [-0.4, -0.2) is 20.0 Å². The van der Waals surface area contributed by atoms with Gasteiger partial charge in [0.1, 0.15) is 0 Å². The van der Waals surface area contributed by atoms with E-state index < -0.39 is 0 Å². The summed E-state index contributed by atoms with van der Waals surface area (Å²) in [5.74, 6) is 1.54. The Labute approximate surface area is 119 Å². The Morgan fingerprint density at radius 3 is 2.25 bits per heavy atom. The number of carbonyl (C=O) groups is 1. The molecule has 3 heteroatoms. The summed E-state index contributed by atoms with van der Waals surface area (Å²) in [5, 5.41) is 0. The first kappa shape index (κ1) is 14.1. The maximum Gasteiger partial charge on any atom is 0.168 e. The van der Waals surface area contributed by atoms with Gasteiger partial charge in [0.15, 0.2) is 17.3 Å². The zero-order valence-corrected chi connectivity index (χ0v) is 12.0. The van der Waals surface area contributed by atoms with Gasteiger partial charge in [-0.1, -0.05) is 43.3 Å². The quantitative estimate of drug-likeness (QED) is 0.771. The van der Waals surface area contributed by atoms with Crippen molar-refractivity contribution in [2.75, 3.05) is 14.2 Å². The first-order valence-electron chi connectivity index (χ1n) is 6.55. The third kappa shape index (κ3) is 2.67. The van der Waals surface area contributed by atoms with Gasteiger partial charge in [0.05, 0.1) is 14.2 Å². The molecule has 0 aromatic heterocycles. The summed E-state index contributed by atoms with van der Waals surface area (Å²) >= 11 is 0. The minimum absolute atomic E-state index is 0.147. The predicted octanol–water partition coefficient (Wildman–Crippen LogP) is 3.96. The number of methoxy groups -OCH3 is 2. The van der Waals surface area contributed by atoms with Gasteiger partial charge in [-0.05, 0) is 11.6 Å². The van der Waals surface area contributed by atoms with Crippen LogP contribution in [0.2, 0.25) is 0 Å². The van der Waals surface area contributed by atoms with Gasteiger partial charge in [0, 0.05) is 17.5 Å². The molecule has 0 saturated carbocycles. The van der Waals surface area contributed by atoms with Crippen LogP contribution in [0.1, 0.15) is 23.7 Å². The SMILES string of the molecule is CCC(=O)c1ccc(-c2cccc(OC)c2OC)cc1. The molecule has 0 saturated heterocycles. The fraction of sp³-hybridized carbons (Fsp3) is 0.235. The maximum atomic E-state index is 11.6. The highest BCUT2D eigenvalue weighted by atomic mass is 16.5. The van der Waals surface area contributed by atoms with E-state index >= 15 is 0 Å². The lowest BCUT2D eigenvalue weighted by Crippen LogP contribution is -1.96. The van der Waals surface area contributed by atoms with E-state index in [1.807, 2.05) is 49.4 Å². The van der Waals surface area contributed by atoms with Crippen LogP contribution in [0.5, 0.6) is 11.5 Å². The van der Waals surface area contributed by atoms with E-state index in [4.69, 9.17) is 9.47 Å². The maximum absolute atomic E-state index is 11.6. The van der Waals surface area contributed by atoms with Crippen molar-refractivity contribution in [3.8, 4) is 22.6 Å². The minimum atomic E-state index is 0.147. The summed E-state index contributed by atoms with van der Waals surface area (Å²) in [4.78, 5) is 11.6. The van der Waals surface area contributed by atoms with Crippen LogP contribution >= 0.6 is 0 Å². The van der Waals surface area contributed by atoms with E-state index in [0.29, 0.717) is 17.9 Å². The molecule has 0 radical (unpaired) electrons. The van der Waals surface area contributed by atoms with Crippen LogP contribution in [0.4, 0.5) is 0 Å². The third-order valence-electron chi connectivity index (χ3n) is 3.24. The number of hydrogen-bond acceptors (Lipinski definition) is 3. The highest BCUT2D eigenvalue weighted by molar-refractivity contribution is 5.96. The van der Waals surface area contributed by atoms with Crippen molar-refractivity contribution in [1.82, 2.24) is 0 Å². The molecule has 0 spiro atoms. The first-order chi connectivity index (χ1) is 9.71. The highest BCUT2D eigenvalue weighted by Crippen LogP contribution is 2.37. The van der Waals surface area contributed by atoms with Crippen LogP contribution < -0.4 is 9.47 Å². The molecule has 20 heavy (non-hydrogen) atoms. The standard InChI is InChI=1S/C17H18O3/c1-4-15(18)13-10-8-12(9-11-13)14-6-5-7-16(19-2)17(14)20-3/h5-11H,4H2,1-3H3. The highest BCUT2D eigenvalue weighted by Gasteiger charge is 2.11. The molecule has 0 atom stereocenters. The van der Waals surface area contributed by atoms with Crippen molar-refractivity contribution in [3.05, 3.63) is 48.0 Å². The van der Waals surface area contributed by atoms with E-state index in [2.05, 4.69) is 0 Å². The smallest absolute Gasteiger partial charge is 0.168 e.